The Balaban J connectivity index is 3.36. The molecule has 3 nitrogen and oxygen atoms in total. The van der Waals surface area contributed by atoms with Crippen molar-refractivity contribution in [2.24, 2.45) is 0 Å². The summed E-state index contributed by atoms with van der Waals surface area (Å²) in [6.07, 6.45) is 1.48. The second kappa shape index (κ2) is 12.1. The molecule has 0 amide bonds. The van der Waals surface area contributed by atoms with E-state index in [1.54, 1.807) is 0 Å². The van der Waals surface area contributed by atoms with Crippen molar-refractivity contribution in [3.63, 3.8) is 0 Å². The maximum atomic E-state index is 13.6. The standard InChI is InChI=1S/C24H41O3PSi/c1-9-26-28(25,27-10-2)24(17-16-23-14-12-11-13-15-23)18-19-29(20(3)4,21(5)6)22(7)8/h11-15,20-22,24H,9-10,16-17H2,1-8H3/t24-/m1/s1. The van der Waals surface area contributed by atoms with Gasteiger partial charge in [0.05, 0.1) is 13.2 Å². The van der Waals surface area contributed by atoms with Crippen molar-refractivity contribution in [3.05, 3.63) is 35.9 Å². The van der Waals surface area contributed by atoms with Gasteiger partial charge in [-0.2, -0.15) is 0 Å². The van der Waals surface area contributed by atoms with Crippen molar-refractivity contribution in [1.82, 2.24) is 0 Å². The summed E-state index contributed by atoms with van der Waals surface area (Å²) in [5.41, 5.74) is 6.16. The van der Waals surface area contributed by atoms with Crippen molar-refractivity contribution in [3.8, 4) is 11.5 Å². The predicted molar refractivity (Wildman–Crippen MR) is 128 cm³/mol. The predicted octanol–water partition coefficient (Wildman–Crippen LogP) is 7.48. The molecule has 0 N–H and O–H groups in total. The number of hydrogen-bond acceptors (Lipinski definition) is 3. The molecule has 0 saturated carbocycles. The van der Waals surface area contributed by atoms with E-state index < -0.39 is 21.3 Å². The highest BCUT2D eigenvalue weighted by molar-refractivity contribution is 7.55. The van der Waals surface area contributed by atoms with Gasteiger partial charge in [0.2, 0.25) is 0 Å². The van der Waals surface area contributed by atoms with Crippen LogP contribution in [0.4, 0.5) is 0 Å². The number of benzene rings is 1. The van der Waals surface area contributed by atoms with Gasteiger partial charge in [-0.1, -0.05) is 77.8 Å². The molecule has 0 heterocycles. The maximum Gasteiger partial charge on any atom is 0.345 e. The summed E-state index contributed by atoms with van der Waals surface area (Å²) >= 11 is 0. The molecule has 1 aromatic carbocycles. The Kier molecular flexibility index (Phi) is 10.9. The second-order valence-corrected chi connectivity index (χ2v) is 16.4. The fourth-order valence-corrected chi connectivity index (χ4v) is 11.7. The normalized spacial score (nSPS) is 13.6. The first-order valence-corrected chi connectivity index (χ1v) is 14.9. The van der Waals surface area contributed by atoms with Crippen LogP contribution in [0.25, 0.3) is 0 Å². The average Bonchev–Trinajstić information content (AvgIpc) is 2.64. The van der Waals surface area contributed by atoms with E-state index in [0.29, 0.717) is 36.3 Å². The van der Waals surface area contributed by atoms with Gasteiger partial charge >= 0.3 is 7.60 Å². The zero-order valence-corrected chi connectivity index (χ0v) is 21.6. The first kappa shape index (κ1) is 26.2. The first-order valence-electron chi connectivity index (χ1n) is 11.1. The zero-order valence-electron chi connectivity index (χ0n) is 19.7. The molecule has 5 heteroatoms. The molecule has 0 bridgehead atoms. The highest BCUT2D eigenvalue weighted by atomic mass is 31.2. The third-order valence-corrected chi connectivity index (χ3v) is 14.6. The maximum absolute atomic E-state index is 13.6. The fraction of sp³-hybridized carbons (Fsp3) is 0.667. The molecule has 1 rings (SSSR count). The summed E-state index contributed by atoms with van der Waals surface area (Å²) < 4.78 is 25.1. The molecular weight excluding hydrogens is 395 g/mol. The lowest BCUT2D eigenvalue weighted by molar-refractivity contribution is 0.215. The van der Waals surface area contributed by atoms with E-state index in [2.05, 4.69) is 65.1 Å². The third kappa shape index (κ3) is 6.83. The van der Waals surface area contributed by atoms with E-state index in [1.165, 1.54) is 5.56 Å². The molecule has 0 spiro atoms. The molecule has 0 aliphatic rings. The topological polar surface area (TPSA) is 35.5 Å². The molecule has 0 aliphatic carbocycles. The van der Waals surface area contributed by atoms with Crippen molar-refractivity contribution < 1.29 is 13.6 Å². The quantitative estimate of drug-likeness (QED) is 0.205. The van der Waals surface area contributed by atoms with Crippen LogP contribution in [0.3, 0.4) is 0 Å². The van der Waals surface area contributed by atoms with Crippen molar-refractivity contribution in [1.29, 1.82) is 0 Å². The van der Waals surface area contributed by atoms with Crippen LogP contribution in [0, 0.1) is 11.5 Å². The molecule has 1 aromatic rings. The Morgan fingerprint density at radius 3 is 1.79 bits per heavy atom. The van der Waals surface area contributed by atoms with Crippen LogP contribution >= 0.6 is 7.60 Å². The molecule has 29 heavy (non-hydrogen) atoms. The Morgan fingerprint density at radius 2 is 1.38 bits per heavy atom. The van der Waals surface area contributed by atoms with Crippen LogP contribution in [0.1, 0.15) is 67.4 Å². The van der Waals surface area contributed by atoms with Crippen molar-refractivity contribution >= 4 is 15.7 Å². The zero-order chi connectivity index (χ0) is 22.1. The highest BCUT2D eigenvalue weighted by Gasteiger charge is 2.42. The number of rotatable bonds is 11. The number of hydrogen-bond donors (Lipinski definition) is 0. The summed E-state index contributed by atoms with van der Waals surface area (Å²) in [6.45, 7) is 18.2. The second-order valence-electron chi connectivity index (χ2n) is 8.58. The van der Waals surface area contributed by atoms with Gasteiger partial charge in [0, 0.05) is 0 Å². The molecule has 0 radical (unpaired) electrons. The van der Waals surface area contributed by atoms with Crippen LogP contribution in [0.5, 0.6) is 0 Å². The van der Waals surface area contributed by atoms with Gasteiger partial charge < -0.3 is 9.05 Å². The minimum absolute atomic E-state index is 0.363. The highest BCUT2D eigenvalue weighted by Crippen LogP contribution is 2.54. The van der Waals surface area contributed by atoms with E-state index in [0.717, 1.165) is 6.42 Å². The average molecular weight is 437 g/mol. The largest absolute Gasteiger partial charge is 0.345 e. The lowest BCUT2D eigenvalue weighted by Gasteiger charge is -2.38. The van der Waals surface area contributed by atoms with Crippen LogP contribution in [-0.4, -0.2) is 26.9 Å². The molecule has 0 aliphatic heterocycles. The van der Waals surface area contributed by atoms with Crippen LogP contribution in [0.2, 0.25) is 16.6 Å². The van der Waals surface area contributed by atoms with Gasteiger partial charge in [-0.05, 0) is 48.9 Å². The van der Waals surface area contributed by atoms with Gasteiger partial charge in [0.25, 0.3) is 0 Å². The smallest absolute Gasteiger partial charge is 0.308 e. The van der Waals surface area contributed by atoms with E-state index in [4.69, 9.17) is 9.05 Å². The Labute approximate surface area is 180 Å². The minimum Gasteiger partial charge on any atom is -0.308 e. The summed E-state index contributed by atoms with van der Waals surface area (Å²) in [6, 6.07) is 10.3. The van der Waals surface area contributed by atoms with Crippen molar-refractivity contribution in [2.45, 2.75) is 90.5 Å². The van der Waals surface area contributed by atoms with Gasteiger partial charge in [-0.15, -0.1) is 5.54 Å². The van der Waals surface area contributed by atoms with E-state index >= 15 is 0 Å². The number of aryl methyl sites for hydroxylation is 1. The Hall–Kier alpha value is -0.853. The molecule has 1 atom stereocenters. The van der Waals surface area contributed by atoms with Crippen molar-refractivity contribution in [2.75, 3.05) is 13.2 Å². The van der Waals surface area contributed by atoms with Crippen LogP contribution < -0.4 is 0 Å². The fourth-order valence-electron chi connectivity index (χ4n) is 4.48. The monoisotopic (exact) mass is 436 g/mol. The summed E-state index contributed by atoms with van der Waals surface area (Å²) in [4.78, 5) is 0. The van der Waals surface area contributed by atoms with E-state index in [1.807, 2.05) is 32.0 Å². The summed E-state index contributed by atoms with van der Waals surface area (Å²) in [5, 5.41) is 0. The summed E-state index contributed by atoms with van der Waals surface area (Å²) in [5.74, 6) is 3.48. The SMILES string of the molecule is CCOP(=O)(OCC)[C@@H](C#C[Si](C(C)C)(C(C)C)C(C)C)CCc1ccccc1. The first-order chi connectivity index (χ1) is 13.6. The van der Waals surface area contributed by atoms with Gasteiger partial charge in [-0.25, -0.2) is 0 Å². The van der Waals surface area contributed by atoms with Gasteiger partial charge in [0.1, 0.15) is 13.7 Å². The molecule has 0 saturated heterocycles. The third-order valence-electron chi connectivity index (χ3n) is 5.87. The van der Waals surface area contributed by atoms with Crippen LogP contribution in [-0.2, 0) is 20.0 Å². The molecule has 0 unspecified atom stereocenters. The summed E-state index contributed by atoms with van der Waals surface area (Å²) in [7, 11) is -5.21. The Bertz CT molecular complexity index is 672. The van der Waals surface area contributed by atoms with Gasteiger partial charge in [-0.3, -0.25) is 4.57 Å². The molecular formula is C24H41O3PSi. The minimum atomic E-state index is -3.29. The molecule has 164 valence electrons. The van der Waals surface area contributed by atoms with E-state index in [9.17, 15) is 4.57 Å². The van der Waals surface area contributed by atoms with E-state index in [-0.39, 0.29) is 0 Å². The van der Waals surface area contributed by atoms with Crippen LogP contribution in [0.15, 0.2) is 30.3 Å². The van der Waals surface area contributed by atoms with Gasteiger partial charge in [0.15, 0.2) is 0 Å². The lowest BCUT2D eigenvalue weighted by atomic mass is 10.1. The molecule has 0 fully saturated rings. The Morgan fingerprint density at radius 1 is 0.897 bits per heavy atom. The molecule has 0 aromatic heterocycles. The lowest BCUT2D eigenvalue weighted by Crippen LogP contribution is -2.43.